The van der Waals surface area contributed by atoms with Crippen molar-refractivity contribution in [1.82, 2.24) is 0 Å². The number of hydrogen-bond acceptors (Lipinski definition) is 1. The number of halogens is 3. The maximum Gasteiger partial charge on any atom is 0.0551 e. The van der Waals surface area contributed by atoms with E-state index in [2.05, 4.69) is 15.9 Å². The Morgan fingerprint density at radius 2 is 2.15 bits per heavy atom. The van der Waals surface area contributed by atoms with E-state index in [1.54, 1.807) is 0 Å². The molecule has 0 fully saturated rings. The molecule has 0 aromatic heterocycles. The lowest BCUT2D eigenvalue weighted by molar-refractivity contribution is 0.713. The topological polar surface area (TPSA) is 26.0 Å². The molecule has 0 unspecified atom stereocenters. The Labute approximate surface area is 97.2 Å². The van der Waals surface area contributed by atoms with Gasteiger partial charge in [0.2, 0.25) is 0 Å². The largest absolute Gasteiger partial charge is 0.324 e. The molecule has 0 saturated heterocycles. The molecule has 1 atom stereocenters. The van der Waals surface area contributed by atoms with Gasteiger partial charge in [-0.15, -0.1) is 12.4 Å². The van der Waals surface area contributed by atoms with Crippen molar-refractivity contribution in [3.63, 3.8) is 0 Å². The van der Waals surface area contributed by atoms with Crippen molar-refractivity contribution >= 4 is 39.9 Å². The lowest BCUT2D eigenvalue weighted by atomic mass is 10.1. The Kier molecular flexibility index (Phi) is 3.64. The van der Waals surface area contributed by atoms with Crippen LogP contribution in [0.25, 0.3) is 0 Å². The van der Waals surface area contributed by atoms with Gasteiger partial charge in [0.25, 0.3) is 0 Å². The molecular weight excluding hydrogens is 273 g/mol. The van der Waals surface area contributed by atoms with Gasteiger partial charge in [0.15, 0.2) is 0 Å². The SMILES string of the molecule is Cl.N[C@H]1CCc2c1ccc(Cl)c2Br. The molecule has 2 rings (SSSR count). The highest BCUT2D eigenvalue weighted by molar-refractivity contribution is 9.10. The van der Waals surface area contributed by atoms with Gasteiger partial charge in [-0.3, -0.25) is 0 Å². The standard InChI is InChI=1S/C9H9BrClN.ClH/c10-9-6-2-4-8(12)5(6)1-3-7(9)11;/h1,3,8H,2,4,12H2;1H/t8-;/m0./s1. The van der Waals surface area contributed by atoms with Crippen LogP contribution in [0.5, 0.6) is 0 Å². The van der Waals surface area contributed by atoms with Crippen molar-refractivity contribution in [2.75, 3.05) is 0 Å². The molecule has 0 saturated carbocycles. The van der Waals surface area contributed by atoms with Crippen LogP contribution in [0.3, 0.4) is 0 Å². The van der Waals surface area contributed by atoms with Crippen LogP contribution in [0.1, 0.15) is 23.6 Å². The molecule has 2 N–H and O–H groups in total. The normalized spacial score (nSPS) is 19.5. The summed E-state index contributed by atoms with van der Waals surface area (Å²) in [6, 6.07) is 4.13. The minimum Gasteiger partial charge on any atom is -0.324 e. The average Bonchev–Trinajstić information content (AvgIpc) is 2.41. The minimum absolute atomic E-state index is 0. The van der Waals surface area contributed by atoms with Gasteiger partial charge < -0.3 is 5.73 Å². The van der Waals surface area contributed by atoms with Crippen LogP contribution < -0.4 is 5.73 Å². The van der Waals surface area contributed by atoms with Crippen LogP contribution in [0.2, 0.25) is 5.02 Å². The smallest absolute Gasteiger partial charge is 0.0551 e. The summed E-state index contributed by atoms with van der Waals surface area (Å²) in [6.45, 7) is 0. The molecule has 1 nitrogen and oxygen atoms in total. The van der Waals surface area contributed by atoms with E-state index in [0.29, 0.717) is 0 Å². The molecule has 0 aliphatic heterocycles. The number of hydrogen-bond donors (Lipinski definition) is 1. The molecule has 1 aromatic carbocycles. The highest BCUT2D eigenvalue weighted by atomic mass is 79.9. The van der Waals surface area contributed by atoms with E-state index >= 15 is 0 Å². The van der Waals surface area contributed by atoms with Crippen molar-refractivity contribution < 1.29 is 0 Å². The zero-order valence-electron chi connectivity index (χ0n) is 6.89. The van der Waals surface area contributed by atoms with Crippen molar-refractivity contribution in [2.45, 2.75) is 18.9 Å². The lowest BCUT2D eigenvalue weighted by Gasteiger charge is -2.06. The first-order chi connectivity index (χ1) is 5.70. The van der Waals surface area contributed by atoms with E-state index in [0.717, 1.165) is 22.3 Å². The third kappa shape index (κ3) is 1.86. The van der Waals surface area contributed by atoms with Gasteiger partial charge in [0.1, 0.15) is 0 Å². The summed E-state index contributed by atoms with van der Waals surface area (Å²) >= 11 is 9.42. The first kappa shape index (κ1) is 11.3. The Hall–Kier alpha value is 0.240. The molecule has 4 heteroatoms. The lowest BCUT2D eigenvalue weighted by Crippen LogP contribution is -2.04. The van der Waals surface area contributed by atoms with E-state index < -0.39 is 0 Å². The third-order valence-corrected chi connectivity index (χ3v) is 3.79. The highest BCUT2D eigenvalue weighted by Crippen LogP contribution is 2.37. The summed E-state index contributed by atoms with van der Waals surface area (Å²) < 4.78 is 1.02. The molecule has 1 aromatic rings. The van der Waals surface area contributed by atoms with Gasteiger partial charge in [0.05, 0.1) is 5.02 Å². The molecule has 0 radical (unpaired) electrons. The highest BCUT2D eigenvalue weighted by Gasteiger charge is 2.21. The monoisotopic (exact) mass is 281 g/mol. The van der Waals surface area contributed by atoms with Gasteiger partial charge in [0, 0.05) is 10.5 Å². The van der Waals surface area contributed by atoms with Crippen LogP contribution in [-0.2, 0) is 6.42 Å². The van der Waals surface area contributed by atoms with Crippen molar-refractivity contribution in [3.8, 4) is 0 Å². The van der Waals surface area contributed by atoms with Gasteiger partial charge >= 0.3 is 0 Å². The molecule has 72 valence electrons. The number of rotatable bonds is 0. The van der Waals surface area contributed by atoms with E-state index in [-0.39, 0.29) is 18.4 Å². The molecule has 0 amide bonds. The van der Waals surface area contributed by atoms with Gasteiger partial charge in [-0.2, -0.15) is 0 Å². The summed E-state index contributed by atoms with van der Waals surface area (Å²) in [7, 11) is 0. The molecule has 13 heavy (non-hydrogen) atoms. The van der Waals surface area contributed by atoms with Crippen LogP contribution in [0.15, 0.2) is 16.6 Å². The Bertz CT molecular complexity index is 328. The first-order valence-corrected chi connectivity index (χ1v) is 5.09. The third-order valence-electron chi connectivity index (χ3n) is 2.34. The maximum atomic E-state index is 5.95. The number of benzene rings is 1. The predicted octanol–water partition coefficient (Wildman–Crippen LogP) is 3.47. The van der Waals surface area contributed by atoms with E-state index in [4.69, 9.17) is 17.3 Å². The molecule has 0 bridgehead atoms. The average molecular weight is 283 g/mol. The summed E-state index contributed by atoms with van der Waals surface area (Å²) in [5, 5.41) is 0.780. The molecule has 1 aliphatic carbocycles. The van der Waals surface area contributed by atoms with Crippen LogP contribution >= 0.6 is 39.9 Å². The fourth-order valence-electron chi connectivity index (χ4n) is 1.66. The zero-order valence-corrected chi connectivity index (χ0v) is 10.0. The fourth-order valence-corrected chi connectivity index (χ4v) is 2.40. The Balaban J connectivity index is 0.000000845. The fraction of sp³-hybridized carbons (Fsp3) is 0.333. The predicted molar refractivity (Wildman–Crippen MR) is 61.6 cm³/mol. The summed E-state index contributed by atoms with van der Waals surface area (Å²) in [5.41, 5.74) is 8.43. The Morgan fingerprint density at radius 1 is 1.46 bits per heavy atom. The molecular formula is C9H10BrCl2N. The van der Waals surface area contributed by atoms with Crippen LogP contribution in [0.4, 0.5) is 0 Å². The zero-order chi connectivity index (χ0) is 8.72. The van der Waals surface area contributed by atoms with Crippen molar-refractivity contribution in [2.24, 2.45) is 5.73 Å². The van der Waals surface area contributed by atoms with Gasteiger partial charge in [-0.1, -0.05) is 17.7 Å². The second-order valence-corrected chi connectivity index (χ2v) is 4.27. The molecule has 0 spiro atoms. The summed E-state index contributed by atoms with van der Waals surface area (Å²) in [4.78, 5) is 0. The second-order valence-electron chi connectivity index (χ2n) is 3.07. The quantitative estimate of drug-likeness (QED) is 0.775. The van der Waals surface area contributed by atoms with E-state index in [9.17, 15) is 0 Å². The molecule has 1 aliphatic rings. The van der Waals surface area contributed by atoms with Crippen LogP contribution in [-0.4, -0.2) is 0 Å². The van der Waals surface area contributed by atoms with E-state index in [1.165, 1.54) is 11.1 Å². The summed E-state index contributed by atoms with van der Waals surface area (Å²) in [5.74, 6) is 0. The Morgan fingerprint density at radius 3 is 2.85 bits per heavy atom. The molecule has 0 heterocycles. The van der Waals surface area contributed by atoms with Gasteiger partial charge in [-0.25, -0.2) is 0 Å². The van der Waals surface area contributed by atoms with Gasteiger partial charge in [-0.05, 0) is 46.0 Å². The number of nitrogens with two attached hydrogens (primary N) is 1. The van der Waals surface area contributed by atoms with Crippen molar-refractivity contribution in [3.05, 3.63) is 32.8 Å². The summed E-state index contributed by atoms with van der Waals surface area (Å²) in [6.07, 6.45) is 2.08. The maximum absolute atomic E-state index is 5.95. The van der Waals surface area contributed by atoms with Crippen LogP contribution in [0, 0.1) is 0 Å². The minimum atomic E-state index is 0. The van der Waals surface area contributed by atoms with E-state index in [1.807, 2.05) is 12.1 Å². The van der Waals surface area contributed by atoms with Crippen molar-refractivity contribution in [1.29, 1.82) is 0 Å². The number of fused-ring (bicyclic) bond motifs is 1. The first-order valence-electron chi connectivity index (χ1n) is 3.92. The second kappa shape index (κ2) is 4.18.